The van der Waals surface area contributed by atoms with Crippen molar-refractivity contribution in [2.75, 3.05) is 14.7 Å². The fraction of sp³-hybridized carbons (Fsp3) is 0.357. The summed E-state index contributed by atoms with van der Waals surface area (Å²) in [7, 11) is 0. The molecule has 0 spiro atoms. The van der Waals surface area contributed by atoms with Crippen molar-refractivity contribution in [1.29, 1.82) is 0 Å². The van der Waals surface area contributed by atoms with E-state index in [4.69, 9.17) is 0 Å². The molecule has 3 nitrogen and oxygen atoms in total. The summed E-state index contributed by atoms with van der Waals surface area (Å²) < 4.78 is 0. The van der Waals surface area contributed by atoms with E-state index in [1.807, 2.05) is 0 Å². The Morgan fingerprint density at radius 3 is 1.95 bits per heavy atom. The van der Waals surface area contributed by atoms with Crippen LogP contribution in [0.3, 0.4) is 0 Å². The van der Waals surface area contributed by atoms with Crippen LogP contribution in [0.25, 0.3) is 11.1 Å². The van der Waals surface area contributed by atoms with E-state index >= 15 is 0 Å². The standard InChI is InChI=1S/C56H58BN3/c1-35-17-16-20-41(29-35)58-46-30-36(2)21-23-44(46)57-50-38(4)31-37(3)49-52(50)60(56(8)28-15-13-26-54(49,56)6)48-34-42(33-47(58)51(48)57)59-45-24-22-40(39-18-10-9-11-19-39)32-43(45)53(5)25-12-14-27-55(53,59)7/h9-11,16-24,29-34H,12-15,25-28H2,1-8H3. The number of hydrogen-bond donors (Lipinski definition) is 0. The van der Waals surface area contributed by atoms with E-state index in [-0.39, 0.29) is 28.6 Å². The van der Waals surface area contributed by atoms with Crippen LogP contribution in [0.2, 0.25) is 0 Å². The van der Waals surface area contributed by atoms with Gasteiger partial charge in [-0.25, -0.2) is 0 Å². The average molecular weight is 784 g/mol. The van der Waals surface area contributed by atoms with Crippen LogP contribution in [-0.2, 0) is 10.8 Å². The van der Waals surface area contributed by atoms with Crippen LogP contribution in [-0.4, -0.2) is 17.8 Å². The third-order valence-corrected chi connectivity index (χ3v) is 17.4. The minimum atomic E-state index is -0.0836. The predicted molar refractivity (Wildman–Crippen MR) is 256 cm³/mol. The maximum atomic E-state index is 2.95. The molecule has 4 aliphatic heterocycles. The van der Waals surface area contributed by atoms with Gasteiger partial charge in [0.2, 0.25) is 0 Å². The number of hydrogen-bond acceptors (Lipinski definition) is 3. The summed E-state index contributed by atoms with van der Waals surface area (Å²) >= 11 is 0. The molecule has 0 bridgehead atoms. The Hall–Kier alpha value is -5.22. The summed E-state index contributed by atoms with van der Waals surface area (Å²) in [6.07, 6.45) is 9.88. The fourth-order valence-corrected chi connectivity index (χ4v) is 14.2. The maximum Gasteiger partial charge on any atom is 0.252 e. The summed E-state index contributed by atoms with van der Waals surface area (Å²) in [4.78, 5) is 8.44. The molecule has 4 heteroatoms. The lowest BCUT2D eigenvalue weighted by Crippen LogP contribution is -2.65. The second-order valence-electron chi connectivity index (χ2n) is 20.6. The molecule has 0 radical (unpaired) electrons. The van der Waals surface area contributed by atoms with Crippen LogP contribution in [0.4, 0.5) is 39.8 Å². The van der Waals surface area contributed by atoms with E-state index in [0.29, 0.717) is 0 Å². The largest absolute Gasteiger partial charge is 0.335 e. The first kappa shape index (κ1) is 36.6. The summed E-state index contributed by atoms with van der Waals surface area (Å²) in [5, 5.41) is 0. The lowest BCUT2D eigenvalue weighted by atomic mass is 9.32. The van der Waals surface area contributed by atoms with Crippen LogP contribution in [0.15, 0.2) is 109 Å². The first-order valence-electron chi connectivity index (χ1n) is 23.0. The van der Waals surface area contributed by atoms with Gasteiger partial charge in [0.15, 0.2) is 0 Å². The van der Waals surface area contributed by atoms with Crippen molar-refractivity contribution >= 4 is 62.9 Å². The molecule has 0 aromatic heterocycles. The number of fused-ring (bicyclic) bond motifs is 10. The van der Waals surface area contributed by atoms with Crippen molar-refractivity contribution in [2.45, 2.75) is 129 Å². The van der Waals surface area contributed by atoms with Gasteiger partial charge in [-0.1, -0.05) is 112 Å². The number of rotatable bonds is 3. The smallest absolute Gasteiger partial charge is 0.252 e. The minimum Gasteiger partial charge on any atom is -0.335 e. The molecule has 12 rings (SSSR count). The Balaban J connectivity index is 1.20. The van der Waals surface area contributed by atoms with Crippen molar-refractivity contribution in [2.24, 2.45) is 0 Å². The van der Waals surface area contributed by atoms with Crippen molar-refractivity contribution in [3.63, 3.8) is 0 Å². The van der Waals surface area contributed by atoms with Gasteiger partial charge >= 0.3 is 0 Å². The first-order valence-corrected chi connectivity index (χ1v) is 23.0. The average Bonchev–Trinajstić information content (AvgIpc) is 3.58. The highest BCUT2D eigenvalue weighted by molar-refractivity contribution is 7.00. The SMILES string of the molecule is Cc1cccc(N2c3cc(C)ccc3B3c4c2cc(N2c5ccc(-c6ccccc6)cc5C5(C)CCCCC25C)cc4N2c4c3c(C)cc(C)c4C3(C)CCCCC23C)c1. The fourth-order valence-electron chi connectivity index (χ4n) is 14.2. The second kappa shape index (κ2) is 12.2. The molecule has 2 saturated carbocycles. The van der Waals surface area contributed by atoms with Gasteiger partial charge in [0, 0.05) is 50.6 Å². The zero-order chi connectivity index (χ0) is 41.1. The third kappa shape index (κ3) is 4.43. The van der Waals surface area contributed by atoms with Gasteiger partial charge in [0.05, 0.1) is 11.1 Å². The van der Waals surface area contributed by atoms with E-state index in [1.165, 1.54) is 147 Å². The molecular weight excluding hydrogens is 725 g/mol. The quantitative estimate of drug-likeness (QED) is 0.165. The van der Waals surface area contributed by atoms with E-state index in [9.17, 15) is 0 Å². The Kier molecular flexibility index (Phi) is 7.45. The van der Waals surface area contributed by atoms with Crippen molar-refractivity contribution < 1.29 is 0 Å². The monoisotopic (exact) mass is 783 g/mol. The Labute approximate surface area is 358 Å². The molecule has 300 valence electrons. The van der Waals surface area contributed by atoms with Gasteiger partial charge in [0.25, 0.3) is 6.71 Å². The van der Waals surface area contributed by atoms with Crippen molar-refractivity contribution in [1.82, 2.24) is 0 Å². The van der Waals surface area contributed by atoms with Crippen LogP contribution in [0.1, 0.15) is 112 Å². The highest BCUT2D eigenvalue weighted by Crippen LogP contribution is 2.65. The zero-order valence-electron chi connectivity index (χ0n) is 37.0. The third-order valence-electron chi connectivity index (χ3n) is 17.4. The van der Waals surface area contributed by atoms with Gasteiger partial charge in [-0.2, -0.15) is 0 Å². The van der Waals surface area contributed by atoms with Gasteiger partial charge in [-0.15, -0.1) is 0 Å². The Bertz CT molecular complexity index is 2820. The molecule has 0 amide bonds. The molecule has 60 heavy (non-hydrogen) atoms. The molecule has 2 aliphatic carbocycles. The van der Waals surface area contributed by atoms with Gasteiger partial charge in [-0.05, 0) is 165 Å². The lowest BCUT2D eigenvalue weighted by molar-refractivity contribution is 0.193. The molecule has 4 unspecified atom stereocenters. The molecule has 0 saturated heterocycles. The molecular formula is C56H58BN3. The van der Waals surface area contributed by atoms with E-state index in [0.717, 1.165) is 0 Å². The highest BCUT2D eigenvalue weighted by atomic mass is 15.3. The van der Waals surface area contributed by atoms with Crippen LogP contribution < -0.4 is 31.1 Å². The van der Waals surface area contributed by atoms with E-state index < -0.39 is 0 Å². The number of benzene rings is 6. The predicted octanol–water partition coefficient (Wildman–Crippen LogP) is 12.7. The first-order chi connectivity index (χ1) is 28.9. The lowest BCUT2D eigenvalue weighted by Gasteiger charge is -2.54. The normalized spacial score (nSPS) is 26.6. The van der Waals surface area contributed by atoms with Gasteiger partial charge in [-0.3, -0.25) is 0 Å². The molecule has 6 aromatic rings. The van der Waals surface area contributed by atoms with Gasteiger partial charge < -0.3 is 14.7 Å². The molecule has 0 N–H and O–H groups in total. The number of aryl methyl sites for hydroxylation is 4. The van der Waals surface area contributed by atoms with Gasteiger partial charge in [0.1, 0.15) is 0 Å². The summed E-state index contributed by atoms with van der Waals surface area (Å²) in [6.45, 7) is 20.0. The Morgan fingerprint density at radius 2 is 1.18 bits per heavy atom. The highest BCUT2D eigenvalue weighted by Gasteiger charge is 2.63. The Morgan fingerprint density at radius 1 is 0.483 bits per heavy atom. The zero-order valence-corrected chi connectivity index (χ0v) is 37.0. The van der Waals surface area contributed by atoms with Crippen LogP contribution in [0, 0.1) is 27.7 Å². The van der Waals surface area contributed by atoms with Crippen LogP contribution >= 0.6 is 0 Å². The topological polar surface area (TPSA) is 9.72 Å². The van der Waals surface area contributed by atoms with Crippen molar-refractivity contribution in [3.05, 3.63) is 143 Å². The van der Waals surface area contributed by atoms with Crippen molar-refractivity contribution in [3.8, 4) is 11.1 Å². The number of anilines is 7. The summed E-state index contributed by atoms with van der Waals surface area (Å²) in [5.41, 5.74) is 25.2. The number of nitrogens with zero attached hydrogens (tertiary/aromatic N) is 3. The minimum absolute atomic E-state index is 0.0105. The molecule has 6 aromatic carbocycles. The van der Waals surface area contributed by atoms with E-state index in [1.54, 1.807) is 5.56 Å². The molecule has 4 heterocycles. The summed E-state index contributed by atoms with van der Waals surface area (Å²) in [5.74, 6) is 0. The second-order valence-corrected chi connectivity index (χ2v) is 20.6. The molecule has 2 fully saturated rings. The summed E-state index contributed by atoms with van der Waals surface area (Å²) in [6, 6.07) is 42.9. The molecule has 6 aliphatic rings. The molecule has 4 atom stereocenters. The van der Waals surface area contributed by atoms with E-state index in [2.05, 4.69) is 179 Å². The van der Waals surface area contributed by atoms with Crippen LogP contribution in [0.5, 0.6) is 0 Å². The maximum absolute atomic E-state index is 2.95.